The lowest BCUT2D eigenvalue weighted by Gasteiger charge is -2.36. The summed E-state index contributed by atoms with van der Waals surface area (Å²) in [5.74, 6) is -0.157. The van der Waals surface area contributed by atoms with Gasteiger partial charge in [0.25, 0.3) is 0 Å². The van der Waals surface area contributed by atoms with E-state index in [-0.39, 0.29) is 17.5 Å². The SMILES string of the molecule is CC(C)(C)OC(=O)N1CCCC[C@H]1CS(=O)(=O)Cc1ccccn1. The molecular formula is C17H26N2O4S. The molecule has 1 aromatic rings. The van der Waals surface area contributed by atoms with Crippen LogP contribution >= 0.6 is 0 Å². The fourth-order valence-corrected chi connectivity index (χ4v) is 4.47. The third-order valence-corrected chi connectivity index (χ3v) is 5.42. The molecule has 1 aromatic heterocycles. The van der Waals surface area contributed by atoms with Gasteiger partial charge in [-0.3, -0.25) is 4.98 Å². The second-order valence-corrected chi connectivity index (χ2v) is 9.31. The van der Waals surface area contributed by atoms with Gasteiger partial charge in [-0.1, -0.05) is 6.07 Å². The Morgan fingerprint density at radius 2 is 2.08 bits per heavy atom. The summed E-state index contributed by atoms with van der Waals surface area (Å²) >= 11 is 0. The Morgan fingerprint density at radius 1 is 1.33 bits per heavy atom. The minimum absolute atomic E-state index is 0.0528. The van der Waals surface area contributed by atoms with E-state index in [1.807, 2.05) is 20.8 Å². The Morgan fingerprint density at radius 3 is 2.71 bits per heavy atom. The van der Waals surface area contributed by atoms with Crippen LogP contribution in [0.2, 0.25) is 0 Å². The van der Waals surface area contributed by atoms with Gasteiger partial charge >= 0.3 is 6.09 Å². The highest BCUT2D eigenvalue weighted by Gasteiger charge is 2.33. The van der Waals surface area contributed by atoms with Gasteiger partial charge in [-0.2, -0.15) is 0 Å². The van der Waals surface area contributed by atoms with Crippen molar-refractivity contribution in [3.05, 3.63) is 30.1 Å². The molecule has 134 valence electrons. The van der Waals surface area contributed by atoms with Gasteiger partial charge in [0.1, 0.15) is 5.60 Å². The summed E-state index contributed by atoms with van der Waals surface area (Å²) in [6.07, 6.45) is 3.62. The summed E-state index contributed by atoms with van der Waals surface area (Å²) in [4.78, 5) is 18.0. The van der Waals surface area contributed by atoms with Crippen LogP contribution in [0.4, 0.5) is 4.79 Å². The van der Waals surface area contributed by atoms with E-state index in [1.165, 1.54) is 0 Å². The van der Waals surface area contributed by atoms with E-state index in [4.69, 9.17) is 4.74 Å². The number of piperidine rings is 1. The van der Waals surface area contributed by atoms with Crippen LogP contribution in [-0.4, -0.2) is 48.3 Å². The zero-order chi connectivity index (χ0) is 17.8. The summed E-state index contributed by atoms with van der Waals surface area (Å²) in [5.41, 5.74) is -0.0662. The highest BCUT2D eigenvalue weighted by Crippen LogP contribution is 2.22. The fourth-order valence-electron chi connectivity index (χ4n) is 2.80. The lowest BCUT2D eigenvalue weighted by atomic mass is 10.0. The number of pyridine rings is 1. The van der Waals surface area contributed by atoms with E-state index in [2.05, 4.69) is 4.98 Å². The van der Waals surface area contributed by atoms with Crippen molar-refractivity contribution >= 4 is 15.9 Å². The molecule has 2 rings (SSSR count). The Labute approximate surface area is 144 Å². The highest BCUT2D eigenvalue weighted by molar-refractivity contribution is 7.90. The number of rotatable bonds is 4. The van der Waals surface area contributed by atoms with Crippen LogP contribution < -0.4 is 0 Å². The number of nitrogens with zero attached hydrogens (tertiary/aromatic N) is 2. The number of likely N-dealkylation sites (tertiary alicyclic amines) is 1. The van der Waals surface area contributed by atoms with E-state index in [1.54, 1.807) is 29.3 Å². The Hall–Kier alpha value is -1.63. The number of carbonyl (C=O) groups excluding carboxylic acids is 1. The molecule has 2 heterocycles. The van der Waals surface area contributed by atoms with E-state index in [0.717, 1.165) is 12.8 Å². The maximum Gasteiger partial charge on any atom is 0.410 e. The van der Waals surface area contributed by atoms with Crippen molar-refractivity contribution in [3.63, 3.8) is 0 Å². The van der Waals surface area contributed by atoms with Crippen molar-refractivity contribution in [3.8, 4) is 0 Å². The number of ether oxygens (including phenoxy) is 1. The second-order valence-electron chi connectivity index (χ2n) is 7.20. The Bertz CT molecular complexity index is 653. The first-order valence-corrected chi connectivity index (χ1v) is 10.1. The molecule has 7 heteroatoms. The van der Waals surface area contributed by atoms with Crippen LogP contribution in [0.5, 0.6) is 0 Å². The van der Waals surface area contributed by atoms with E-state index < -0.39 is 21.5 Å². The molecule has 1 aliphatic heterocycles. The quantitative estimate of drug-likeness (QED) is 0.831. The first-order valence-electron chi connectivity index (χ1n) is 8.26. The van der Waals surface area contributed by atoms with Crippen molar-refractivity contribution in [2.45, 2.75) is 57.4 Å². The lowest BCUT2D eigenvalue weighted by molar-refractivity contribution is 0.0124. The average molecular weight is 354 g/mol. The van der Waals surface area contributed by atoms with Crippen molar-refractivity contribution in [2.24, 2.45) is 0 Å². The molecule has 0 bridgehead atoms. The van der Waals surface area contributed by atoms with Crippen LogP contribution in [0.3, 0.4) is 0 Å². The summed E-state index contributed by atoms with van der Waals surface area (Å²) < 4.78 is 30.4. The van der Waals surface area contributed by atoms with Gasteiger partial charge in [0.15, 0.2) is 9.84 Å². The zero-order valence-electron chi connectivity index (χ0n) is 14.6. The molecule has 0 aromatic carbocycles. The molecular weight excluding hydrogens is 328 g/mol. The van der Waals surface area contributed by atoms with Crippen molar-refractivity contribution in [2.75, 3.05) is 12.3 Å². The summed E-state index contributed by atoms with van der Waals surface area (Å²) in [6.45, 7) is 5.96. The van der Waals surface area contributed by atoms with Crippen molar-refractivity contribution in [1.82, 2.24) is 9.88 Å². The fraction of sp³-hybridized carbons (Fsp3) is 0.647. The van der Waals surface area contributed by atoms with Crippen molar-refractivity contribution in [1.29, 1.82) is 0 Å². The number of amides is 1. The molecule has 0 radical (unpaired) electrons. The van der Waals surface area contributed by atoms with Crippen LogP contribution in [0, 0.1) is 0 Å². The molecule has 24 heavy (non-hydrogen) atoms. The molecule has 1 saturated heterocycles. The van der Waals surface area contributed by atoms with E-state index >= 15 is 0 Å². The van der Waals surface area contributed by atoms with Gasteiger partial charge in [-0.25, -0.2) is 13.2 Å². The lowest BCUT2D eigenvalue weighted by Crippen LogP contribution is -2.49. The van der Waals surface area contributed by atoms with Crippen LogP contribution in [0.15, 0.2) is 24.4 Å². The van der Waals surface area contributed by atoms with Crippen molar-refractivity contribution < 1.29 is 17.9 Å². The molecule has 1 amide bonds. The first-order chi connectivity index (χ1) is 11.2. The Kier molecular flexibility index (Phi) is 5.85. The number of carbonyl (C=O) groups is 1. The molecule has 0 unspecified atom stereocenters. The zero-order valence-corrected chi connectivity index (χ0v) is 15.4. The topological polar surface area (TPSA) is 76.6 Å². The minimum Gasteiger partial charge on any atom is -0.444 e. The Balaban J connectivity index is 2.06. The molecule has 0 N–H and O–H groups in total. The van der Waals surface area contributed by atoms with Crippen LogP contribution in [0.1, 0.15) is 45.7 Å². The van der Waals surface area contributed by atoms with Crippen LogP contribution in [0.25, 0.3) is 0 Å². The standard InChI is InChI=1S/C17H26N2O4S/c1-17(2,3)23-16(20)19-11-7-5-9-15(19)13-24(21,22)12-14-8-4-6-10-18-14/h4,6,8,10,15H,5,7,9,11-13H2,1-3H3/t15-/m0/s1. The molecule has 1 atom stereocenters. The van der Waals surface area contributed by atoms with E-state index in [0.29, 0.717) is 18.7 Å². The number of sulfone groups is 1. The third kappa shape index (κ3) is 5.78. The van der Waals surface area contributed by atoms with Gasteiger partial charge < -0.3 is 9.64 Å². The number of aromatic nitrogens is 1. The normalized spacial score (nSPS) is 19.1. The molecule has 0 aliphatic carbocycles. The summed E-state index contributed by atoms with van der Waals surface area (Å²) in [6, 6.07) is 4.89. The van der Waals surface area contributed by atoms with E-state index in [9.17, 15) is 13.2 Å². The number of hydrogen-bond acceptors (Lipinski definition) is 5. The monoisotopic (exact) mass is 354 g/mol. The molecule has 1 fully saturated rings. The maximum atomic E-state index is 12.5. The van der Waals surface area contributed by atoms with Gasteiger partial charge in [-0.15, -0.1) is 0 Å². The first kappa shape index (κ1) is 18.7. The smallest absolute Gasteiger partial charge is 0.410 e. The number of hydrogen-bond donors (Lipinski definition) is 0. The predicted molar refractivity (Wildman–Crippen MR) is 92.3 cm³/mol. The molecule has 0 saturated carbocycles. The minimum atomic E-state index is -3.36. The predicted octanol–water partition coefficient (Wildman–Crippen LogP) is 2.79. The molecule has 0 spiro atoms. The van der Waals surface area contributed by atoms with Gasteiger partial charge in [0, 0.05) is 18.8 Å². The summed E-state index contributed by atoms with van der Waals surface area (Å²) in [5, 5.41) is 0. The van der Waals surface area contributed by atoms with Gasteiger partial charge in [-0.05, 0) is 52.2 Å². The van der Waals surface area contributed by atoms with Gasteiger partial charge in [0.2, 0.25) is 0 Å². The third-order valence-electron chi connectivity index (χ3n) is 3.80. The second kappa shape index (κ2) is 7.51. The largest absolute Gasteiger partial charge is 0.444 e. The average Bonchev–Trinajstić information content (AvgIpc) is 2.46. The molecule has 6 nitrogen and oxygen atoms in total. The van der Waals surface area contributed by atoms with Crippen LogP contribution in [-0.2, 0) is 20.3 Å². The summed E-state index contributed by atoms with van der Waals surface area (Å²) in [7, 11) is -3.36. The molecule has 1 aliphatic rings. The highest BCUT2D eigenvalue weighted by atomic mass is 32.2. The maximum absolute atomic E-state index is 12.5. The van der Waals surface area contributed by atoms with Gasteiger partial charge in [0.05, 0.1) is 17.2 Å².